The molecule has 6 nitrogen and oxygen atoms in total. The zero-order valence-corrected chi connectivity index (χ0v) is 11.0. The smallest absolute Gasteiger partial charge is 0.287 e. The largest absolute Gasteiger partial charge is 0.379 e. The highest BCUT2D eigenvalue weighted by molar-refractivity contribution is 7.91. The molecule has 0 bridgehead atoms. The Labute approximate surface area is 110 Å². The first-order valence-corrected chi connectivity index (χ1v) is 7.27. The molecule has 0 spiro atoms. The van der Waals surface area contributed by atoms with Crippen molar-refractivity contribution in [3.63, 3.8) is 0 Å². The van der Waals surface area contributed by atoms with Crippen molar-refractivity contribution in [1.82, 2.24) is 0 Å². The molecule has 1 rings (SSSR count). The number of rotatable bonds is 7. The monoisotopic (exact) mass is 293 g/mol. The molecule has 0 aliphatic heterocycles. The van der Waals surface area contributed by atoms with Crippen LogP contribution in [0.1, 0.15) is 0 Å². The lowest BCUT2D eigenvalue weighted by Gasteiger charge is -2.05. The number of nitro groups is 1. The summed E-state index contributed by atoms with van der Waals surface area (Å²) in [6.07, 6.45) is 0. The summed E-state index contributed by atoms with van der Waals surface area (Å²) in [5, 5.41) is 10.7. The molecule has 0 radical (unpaired) electrons. The number of ether oxygens (including phenoxy) is 1. The Hall–Kier alpha value is -1.18. The minimum atomic E-state index is -3.73. The van der Waals surface area contributed by atoms with Crippen molar-refractivity contribution in [1.29, 1.82) is 0 Å². The molecule has 100 valence electrons. The summed E-state index contributed by atoms with van der Waals surface area (Å²) in [6.45, 7) is 0.203. The average Bonchev–Trinajstić information content (AvgIpc) is 2.35. The fraction of sp³-hybridized carbons (Fsp3) is 0.400. The van der Waals surface area contributed by atoms with Gasteiger partial charge in [-0.3, -0.25) is 10.1 Å². The normalized spacial score (nSPS) is 11.4. The lowest BCUT2D eigenvalue weighted by atomic mass is 10.3. The molecule has 0 atom stereocenters. The Kier molecular flexibility index (Phi) is 5.52. The summed E-state index contributed by atoms with van der Waals surface area (Å²) >= 11 is 5.37. The van der Waals surface area contributed by atoms with Crippen LogP contribution in [0.25, 0.3) is 0 Å². The average molecular weight is 294 g/mol. The van der Waals surface area contributed by atoms with Gasteiger partial charge in [0.1, 0.15) is 4.90 Å². The molecule has 0 saturated carbocycles. The first kappa shape index (κ1) is 14.9. The van der Waals surface area contributed by atoms with E-state index in [1.165, 1.54) is 18.2 Å². The predicted molar refractivity (Wildman–Crippen MR) is 66.7 cm³/mol. The molecular formula is C10H12ClNO5S. The zero-order valence-electron chi connectivity index (χ0n) is 9.41. The summed E-state index contributed by atoms with van der Waals surface area (Å²) in [6, 6.07) is 5.24. The van der Waals surface area contributed by atoms with E-state index in [2.05, 4.69) is 0 Å². The Morgan fingerprint density at radius 1 is 1.28 bits per heavy atom. The number of halogens is 1. The summed E-state index contributed by atoms with van der Waals surface area (Å²) in [4.78, 5) is 9.73. The molecule has 0 heterocycles. The second-order valence-electron chi connectivity index (χ2n) is 3.35. The lowest BCUT2D eigenvalue weighted by molar-refractivity contribution is -0.387. The van der Waals surface area contributed by atoms with E-state index in [-0.39, 0.29) is 29.7 Å². The van der Waals surface area contributed by atoms with Crippen LogP contribution in [-0.2, 0) is 14.6 Å². The number of sulfone groups is 1. The first-order valence-electron chi connectivity index (χ1n) is 5.09. The van der Waals surface area contributed by atoms with Crippen molar-refractivity contribution >= 4 is 27.1 Å². The fourth-order valence-corrected chi connectivity index (χ4v) is 2.72. The van der Waals surface area contributed by atoms with Crippen LogP contribution in [0.15, 0.2) is 29.2 Å². The maximum atomic E-state index is 11.9. The Balaban J connectivity index is 2.88. The number of alkyl halides is 1. The van der Waals surface area contributed by atoms with Gasteiger partial charge in [-0.2, -0.15) is 0 Å². The summed E-state index contributed by atoms with van der Waals surface area (Å²) in [5.41, 5.74) is -0.421. The van der Waals surface area contributed by atoms with Crippen LogP contribution in [-0.4, -0.2) is 38.2 Å². The Morgan fingerprint density at radius 2 is 1.94 bits per heavy atom. The maximum Gasteiger partial charge on any atom is 0.287 e. The second-order valence-corrected chi connectivity index (χ2v) is 5.80. The number of benzene rings is 1. The third-order valence-corrected chi connectivity index (χ3v) is 3.99. The molecule has 0 aliphatic rings. The van der Waals surface area contributed by atoms with Crippen molar-refractivity contribution in [3.05, 3.63) is 34.4 Å². The van der Waals surface area contributed by atoms with E-state index in [0.717, 1.165) is 6.07 Å². The minimum Gasteiger partial charge on any atom is -0.379 e. The lowest BCUT2D eigenvalue weighted by Crippen LogP contribution is -2.14. The highest BCUT2D eigenvalue weighted by Gasteiger charge is 2.24. The van der Waals surface area contributed by atoms with Crippen LogP contribution in [0.3, 0.4) is 0 Å². The van der Waals surface area contributed by atoms with Crippen LogP contribution in [0.4, 0.5) is 5.69 Å². The molecule has 0 aliphatic carbocycles. The van der Waals surface area contributed by atoms with Crippen LogP contribution in [0.2, 0.25) is 0 Å². The number of hydrogen-bond donors (Lipinski definition) is 0. The molecule has 0 amide bonds. The molecule has 0 saturated heterocycles. The van der Waals surface area contributed by atoms with Gasteiger partial charge in [-0.25, -0.2) is 8.42 Å². The van der Waals surface area contributed by atoms with Gasteiger partial charge < -0.3 is 4.74 Å². The zero-order chi connectivity index (χ0) is 13.6. The Morgan fingerprint density at radius 3 is 2.56 bits per heavy atom. The van der Waals surface area contributed by atoms with Gasteiger partial charge in [-0.05, 0) is 6.07 Å². The minimum absolute atomic E-state index is 0.0406. The second kappa shape index (κ2) is 6.67. The first-order chi connectivity index (χ1) is 8.49. The van der Waals surface area contributed by atoms with Gasteiger partial charge in [-0.1, -0.05) is 12.1 Å². The van der Waals surface area contributed by atoms with Crippen molar-refractivity contribution in [3.8, 4) is 0 Å². The Bertz CT molecular complexity index is 517. The van der Waals surface area contributed by atoms with E-state index >= 15 is 0 Å². The number of nitro benzene ring substituents is 1. The molecule has 0 unspecified atom stereocenters. The van der Waals surface area contributed by atoms with Crippen molar-refractivity contribution in [2.75, 3.05) is 24.8 Å². The molecule has 0 N–H and O–H groups in total. The highest BCUT2D eigenvalue weighted by atomic mass is 35.5. The van der Waals surface area contributed by atoms with Gasteiger partial charge in [-0.15, -0.1) is 11.6 Å². The van der Waals surface area contributed by atoms with Crippen LogP contribution < -0.4 is 0 Å². The molecule has 0 aromatic heterocycles. The van der Waals surface area contributed by atoms with Crippen LogP contribution in [0, 0.1) is 10.1 Å². The molecule has 8 heteroatoms. The van der Waals surface area contributed by atoms with Crippen molar-refractivity contribution in [2.24, 2.45) is 0 Å². The van der Waals surface area contributed by atoms with E-state index in [4.69, 9.17) is 16.3 Å². The third kappa shape index (κ3) is 3.94. The van der Waals surface area contributed by atoms with Gasteiger partial charge in [0.25, 0.3) is 5.69 Å². The quantitative estimate of drug-likeness (QED) is 0.330. The van der Waals surface area contributed by atoms with Gasteiger partial charge in [0.05, 0.1) is 23.9 Å². The number of para-hydroxylation sites is 1. The number of nitrogens with zero attached hydrogens (tertiary/aromatic N) is 1. The fourth-order valence-electron chi connectivity index (χ4n) is 1.31. The van der Waals surface area contributed by atoms with Crippen LogP contribution in [0.5, 0.6) is 0 Å². The van der Waals surface area contributed by atoms with E-state index in [9.17, 15) is 18.5 Å². The topological polar surface area (TPSA) is 86.5 Å². The van der Waals surface area contributed by atoms with Gasteiger partial charge in [0, 0.05) is 11.9 Å². The standard InChI is InChI=1S/C10H12ClNO5S/c11-5-6-17-7-8-18(15,16)10-4-2-1-3-9(10)12(13)14/h1-4H,5-8H2. The summed E-state index contributed by atoms with van der Waals surface area (Å²) in [7, 11) is -3.73. The molecule has 0 fully saturated rings. The van der Waals surface area contributed by atoms with Crippen molar-refractivity contribution in [2.45, 2.75) is 4.90 Å². The number of hydrogen-bond acceptors (Lipinski definition) is 5. The summed E-state index contributed by atoms with van der Waals surface area (Å²) in [5.74, 6) is -0.0414. The van der Waals surface area contributed by atoms with Crippen molar-refractivity contribution < 1.29 is 18.1 Å². The summed E-state index contributed by atoms with van der Waals surface area (Å²) < 4.78 is 28.8. The highest BCUT2D eigenvalue weighted by Crippen LogP contribution is 2.23. The SMILES string of the molecule is O=[N+]([O-])c1ccccc1S(=O)(=O)CCOCCCl. The molecular weight excluding hydrogens is 282 g/mol. The van der Waals surface area contributed by atoms with E-state index in [1.807, 2.05) is 0 Å². The maximum absolute atomic E-state index is 11.9. The third-order valence-electron chi connectivity index (χ3n) is 2.11. The van der Waals surface area contributed by atoms with E-state index in [0.29, 0.717) is 0 Å². The van der Waals surface area contributed by atoms with Gasteiger partial charge >= 0.3 is 0 Å². The van der Waals surface area contributed by atoms with Gasteiger partial charge in [0.2, 0.25) is 0 Å². The van der Waals surface area contributed by atoms with Crippen LogP contribution >= 0.6 is 11.6 Å². The van der Waals surface area contributed by atoms with Gasteiger partial charge in [0.15, 0.2) is 9.84 Å². The van der Waals surface area contributed by atoms with E-state index in [1.54, 1.807) is 0 Å². The predicted octanol–water partition coefficient (Wildman–Crippen LogP) is 1.62. The van der Waals surface area contributed by atoms with E-state index < -0.39 is 20.4 Å². The molecule has 18 heavy (non-hydrogen) atoms. The molecule has 1 aromatic carbocycles. The molecule has 1 aromatic rings.